The molecule has 7 heteroatoms. The molecule has 1 heterocycles. The van der Waals surface area contributed by atoms with Gasteiger partial charge in [0.05, 0.1) is 22.5 Å². The van der Waals surface area contributed by atoms with Crippen LogP contribution in [0.4, 0.5) is 5.69 Å². The lowest BCUT2D eigenvalue weighted by molar-refractivity contribution is -0.136. The zero-order valence-electron chi connectivity index (χ0n) is 19.8. The van der Waals surface area contributed by atoms with Crippen LogP contribution in [0, 0.1) is 0 Å². The smallest absolute Gasteiger partial charge is 0.303 e. The number of hydrogen-bond acceptors (Lipinski definition) is 4. The van der Waals surface area contributed by atoms with Gasteiger partial charge in [0.1, 0.15) is 0 Å². The van der Waals surface area contributed by atoms with E-state index in [0.717, 1.165) is 35.3 Å². The second-order valence-electron chi connectivity index (χ2n) is 8.59. The third kappa shape index (κ3) is 5.91. The Morgan fingerprint density at radius 3 is 2.54 bits per heavy atom. The summed E-state index contributed by atoms with van der Waals surface area (Å²) in [6.07, 6.45) is 0.450. The van der Waals surface area contributed by atoms with Crippen LogP contribution < -0.4 is 0 Å². The number of aliphatic carboxylic acids is 1. The summed E-state index contributed by atoms with van der Waals surface area (Å²) >= 11 is 6.17. The van der Waals surface area contributed by atoms with E-state index in [0.29, 0.717) is 28.2 Å². The Bertz CT molecular complexity index is 1380. The fourth-order valence-corrected chi connectivity index (χ4v) is 4.19. The Balaban J connectivity index is 1.82. The topological polar surface area (TPSA) is 88.9 Å². The first-order chi connectivity index (χ1) is 16.8. The number of fused-ring (bicyclic) bond motifs is 1. The first kappa shape index (κ1) is 24.5. The van der Waals surface area contributed by atoms with E-state index in [-0.39, 0.29) is 12.3 Å². The molecule has 180 valence electrons. The fraction of sp³-hybridized carbons (Fsp3) is 0.214. The van der Waals surface area contributed by atoms with Crippen molar-refractivity contribution in [1.82, 2.24) is 9.88 Å². The first-order valence-corrected chi connectivity index (χ1v) is 11.9. The van der Waals surface area contributed by atoms with E-state index in [1.165, 1.54) is 5.56 Å². The number of nitrogens with one attached hydrogen (secondary N) is 1. The largest absolute Gasteiger partial charge is 0.494 e. The number of carbonyl (C=O) groups is 1. The van der Waals surface area contributed by atoms with Gasteiger partial charge in [0.2, 0.25) is 0 Å². The van der Waals surface area contributed by atoms with Crippen LogP contribution in [0.1, 0.15) is 35.6 Å². The predicted molar refractivity (Wildman–Crippen MR) is 141 cm³/mol. The normalized spacial score (nSPS) is 11.9. The van der Waals surface area contributed by atoms with Gasteiger partial charge >= 0.3 is 5.97 Å². The second-order valence-corrected chi connectivity index (χ2v) is 9.03. The summed E-state index contributed by atoms with van der Waals surface area (Å²) in [5, 5.41) is 21.3. The molecule has 0 amide bonds. The molecule has 0 saturated carbocycles. The zero-order chi connectivity index (χ0) is 24.9. The van der Waals surface area contributed by atoms with Crippen LogP contribution in [-0.2, 0) is 17.8 Å². The summed E-state index contributed by atoms with van der Waals surface area (Å²) in [4.78, 5) is 21.3. The molecule has 0 bridgehead atoms. The number of aromatic hydroxyl groups is 1. The van der Waals surface area contributed by atoms with Crippen LogP contribution in [0.2, 0.25) is 5.02 Å². The molecule has 0 radical (unpaired) electrons. The molecular weight excluding hydrogens is 462 g/mol. The number of rotatable bonds is 9. The van der Waals surface area contributed by atoms with Crippen molar-refractivity contribution < 1.29 is 15.0 Å². The van der Waals surface area contributed by atoms with Gasteiger partial charge in [-0.05, 0) is 61.5 Å². The molecule has 0 saturated heterocycles. The SMILES string of the molecule is CCN(C)Cc1ccc(N=C(c2cccc(CCC(=O)O)c2)c2c(O)[nH]c3cc(Cl)ccc23)cc1. The third-order valence-electron chi connectivity index (χ3n) is 5.98. The molecule has 4 rings (SSSR count). The Labute approximate surface area is 209 Å². The predicted octanol–water partition coefficient (Wildman–Crippen LogP) is 6.16. The standard InChI is InChI=1S/C28H28ClN3O3/c1-3-32(2)17-19-7-11-22(12-8-19)30-27(20-6-4-5-18(15-20)9-14-25(33)34)26-23-13-10-21(29)16-24(23)31-28(26)35/h4-8,10-13,15-16,31,35H,3,9,14,17H2,1-2H3,(H,33,34). The molecule has 0 fully saturated rings. The van der Waals surface area contributed by atoms with Crippen molar-refractivity contribution in [2.75, 3.05) is 13.6 Å². The minimum atomic E-state index is -0.843. The number of carboxylic acids is 1. The summed E-state index contributed by atoms with van der Waals surface area (Å²) < 4.78 is 0. The number of aliphatic imine (C=N–C) groups is 1. The highest BCUT2D eigenvalue weighted by atomic mass is 35.5. The van der Waals surface area contributed by atoms with Gasteiger partial charge in [-0.2, -0.15) is 0 Å². The van der Waals surface area contributed by atoms with Crippen LogP contribution in [0.3, 0.4) is 0 Å². The van der Waals surface area contributed by atoms with E-state index in [2.05, 4.69) is 36.0 Å². The average Bonchev–Trinajstić information content (AvgIpc) is 3.16. The highest BCUT2D eigenvalue weighted by molar-refractivity contribution is 6.31. The molecule has 0 aliphatic heterocycles. The number of H-pyrrole nitrogens is 1. The van der Waals surface area contributed by atoms with Gasteiger partial charge in [-0.1, -0.05) is 54.9 Å². The van der Waals surface area contributed by atoms with E-state index in [4.69, 9.17) is 21.7 Å². The molecule has 0 atom stereocenters. The summed E-state index contributed by atoms with van der Waals surface area (Å²) in [5.41, 5.74) is 5.48. The fourth-order valence-electron chi connectivity index (χ4n) is 4.01. The summed E-state index contributed by atoms with van der Waals surface area (Å²) in [5.74, 6) is -0.845. The molecular formula is C28H28ClN3O3. The minimum absolute atomic E-state index is 0.00172. The maximum atomic E-state index is 11.1. The van der Waals surface area contributed by atoms with E-state index < -0.39 is 5.97 Å². The summed E-state index contributed by atoms with van der Waals surface area (Å²) in [6, 6.07) is 21.1. The lowest BCUT2D eigenvalue weighted by Gasteiger charge is -2.14. The summed E-state index contributed by atoms with van der Waals surface area (Å²) in [7, 11) is 2.08. The maximum Gasteiger partial charge on any atom is 0.303 e. The highest BCUT2D eigenvalue weighted by Gasteiger charge is 2.19. The van der Waals surface area contributed by atoms with Crippen molar-refractivity contribution in [3.8, 4) is 5.88 Å². The lowest BCUT2D eigenvalue weighted by Crippen LogP contribution is -2.16. The highest BCUT2D eigenvalue weighted by Crippen LogP contribution is 2.33. The van der Waals surface area contributed by atoms with Gasteiger partial charge < -0.3 is 20.1 Å². The Morgan fingerprint density at radius 1 is 1.06 bits per heavy atom. The zero-order valence-corrected chi connectivity index (χ0v) is 20.5. The Kier molecular flexibility index (Phi) is 7.54. The lowest BCUT2D eigenvalue weighted by atomic mass is 9.97. The monoisotopic (exact) mass is 489 g/mol. The molecule has 3 aromatic carbocycles. The number of nitrogens with zero attached hydrogens (tertiary/aromatic N) is 2. The van der Waals surface area contributed by atoms with Gasteiger partial charge in [-0.3, -0.25) is 4.79 Å². The number of carboxylic acid groups (broad SMARTS) is 1. The van der Waals surface area contributed by atoms with Gasteiger partial charge in [-0.15, -0.1) is 0 Å². The van der Waals surface area contributed by atoms with Crippen molar-refractivity contribution in [3.05, 3.63) is 94.0 Å². The quantitative estimate of drug-likeness (QED) is 0.245. The van der Waals surface area contributed by atoms with E-state index in [9.17, 15) is 9.90 Å². The van der Waals surface area contributed by atoms with Crippen molar-refractivity contribution in [1.29, 1.82) is 0 Å². The molecule has 3 N–H and O–H groups in total. The van der Waals surface area contributed by atoms with Crippen LogP contribution in [-0.4, -0.2) is 45.4 Å². The second kappa shape index (κ2) is 10.8. The van der Waals surface area contributed by atoms with E-state index >= 15 is 0 Å². The first-order valence-electron chi connectivity index (χ1n) is 11.5. The number of hydrogen-bond donors (Lipinski definition) is 3. The number of aryl methyl sites for hydroxylation is 1. The third-order valence-corrected chi connectivity index (χ3v) is 6.21. The molecule has 0 aliphatic carbocycles. The molecule has 0 spiro atoms. The van der Waals surface area contributed by atoms with Crippen LogP contribution >= 0.6 is 11.6 Å². The van der Waals surface area contributed by atoms with Crippen molar-refractivity contribution in [3.63, 3.8) is 0 Å². The Morgan fingerprint density at radius 2 is 1.83 bits per heavy atom. The van der Waals surface area contributed by atoms with Crippen LogP contribution in [0.5, 0.6) is 5.88 Å². The number of halogens is 1. The number of aromatic nitrogens is 1. The summed E-state index contributed by atoms with van der Waals surface area (Å²) in [6.45, 7) is 3.94. The minimum Gasteiger partial charge on any atom is -0.494 e. The van der Waals surface area contributed by atoms with Crippen LogP contribution in [0.15, 0.2) is 71.7 Å². The van der Waals surface area contributed by atoms with Crippen molar-refractivity contribution in [2.24, 2.45) is 4.99 Å². The Hall–Kier alpha value is -3.61. The molecule has 1 aromatic heterocycles. The van der Waals surface area contributed by atoms with Gasteiger partial charge in [-0.25, -0.2) is 4.99 Å². The molecule has 35 heavy (non-hydrogen) atoms. The number of benzene rings is 3. The van der Waals surface area contributed by atoms with E-state index in [1.807, 2.05) is 42.5 Å². The molecule has 4 aromatic rings. The van der Waals surface area contributed by atoms with Crippen LogP contribution in [0.25, 0.3) is 10.9 Å². The van der Waals surface area contributed by atoms with Gasteiger partial charge in [0.15, 0.2) is 5.88 Å². The van der Waals surface area contributed by atoms with Crippen molar-refractivity contribution in [2.45, 2.75) is 26.3 Å². The number of aromatic amines is 1. The maximum absolute atomic E-state index is 11.1. The molecule has 0 aliphatic rings. The average molecular weight is 490 g/mol. The molecule has 6 nitrogen and oxygen atoms in total. The molecule has 0 unspecified atom stereocenters. The van der Waals surface area contributed by atoms with Gasteiger partial charge in [0, 0.05) is 28.9 Å². The van der Waals surface area contributed by atoms with Gasteiger partial charge in [0.25, 0.3) is 0 Å². The van der Waals surface area contributed by atoms with Crippen molar-refractivity contribution >= 4 is 39.9 Å². The van der Waals surface area contributed by atoms with E-state index in [1.54, 1.807) is 12.1 Å².